The Hall–Kier alpha value is -3.43. The van der Waals surface area contributed by atoms with Crippen LogP contribution in [0.5, 0.6) is 11.5 Å². The first-order valence-electron chi connectivity index (χ1n) is 10.5. The van der Waals surface area contributed by atoms with Crippen molar-refractivity contribution >= 4 is 17.5 Å². The van der Waals surface area contributed by atoms with Gasteiger partial charge in [-0.25, -0.2) is 5.43 Å². The number of benzene rings is 2. The monoisotopic (exact) mass is 440 g/mol. The van der Waals surface area contributed by atoms with Crippen LogP contribution >= 0.6 is 0 Å². The summed E-state index contributed by atoms with van der Waals surface area (Å²) in [6.45, 7) is 1.39. The number of carbonyl (C=O) groups is 2. The van der Waals surface area contributed by atoms with Crippen molar-refractivity contribution in [2.75, 3.05) is 32.8 Å². The lowest BCUT2D eigenvalue weighted by molar-refractivity contribution is -0.123. The van der Waals surface area contributed by atoms with Crippen LogP contribution in [0.2, 0.25) is 0 Å². The molecule has 1 aliphatic heterocycles. The van der Waals surface area contributed by atoms with Gasteiger partial charge in [0.25, 0.3) is 5.91 Å². The van der Waals surface area contributed by atoms with Crippen molar-refractivity contribution in [1.82, 2.24) is 16.1 Å². The van der Waals surface area contributed by atoms with E-state index in [0.717, 1.165) is 11.3 Å². The van der Waals surface area contributed by atoms with Crippen LogP contribution in [-0.2, 0) is 9.59 Å². The topological polar surface area (TPSA) is 121 Å². The Balaban J connectivity index is 1.25. The summed E-state index contributed by atoms with van der Waals surface area (Å²) in [6, 6.07) is 16.5. The van der Waals surface area contributed by atoms with E-state index >= 15 is 0 Å². The predicted octanol–water partition coefficient (Wildman–Crippen LogP) is 0.825. The average molecular weight is 441 g/mol. The van der Waals surface area contributed by atoms with Gasteiger partial charge in [-0.1, -0.05) is 18.2 Å². The van der Waals surface area contributed by atoms with E-state index in [1.807, 2.05) is 42.5 Å². The van der Waals surface area contributed by atoms with Crippen LogP contribution in [-0.4, -0.2) is 61.6 Å². The fourth-order valence-electron chi connectivity index (χ4n) is 2.95. The Bertz CT molecular complexity index is 902. The number of rotatable bonds is 12. The number of aliphatic hydroxyl groups is 1. The van der Waals surface area contributed by atoms with Gasteiger partial charge in [-0.15, -0.1) is 0 Å². The third kappa shape index (κ3) is 8.01. The number of aliphatic hydroxyl groups excluding tert-OH is 1. The molecule has 0 bridgehead atoms. The molecule has 1 heterocycles. The number of ether oxygens (including phenoxy) is 2. The molecule has 2 amide bonds. The number of nitrogens with zero attached hydrogens (tertiary/aromatic N) is 1. The van der Waals surface area contributed by atoms with E-state index in [9.17, 15) is 14.7 Å². The maximum atomic E-state index is 11.9. The molecule has 0 aliphatic carbocycles. The summed E-state index contributed by atoms with van der Waals surface area (Å²) < 4.78 is 11.0. The number of amides is 2. The van der Waals surface area contributed by atoms with Gasteiger partial charge in [0, 0.05) is 32.5 Å². The highest BCUT2D eigenvalue weighted by Gasteiger charge is 2.13. The van der Waals surface area contributed by atoms with Crippen LogP contribution in [0.1, 0.15) is 18.4 Å². The molecule has 0 saturated heterocycles. The van der Waals surface area contributed by atoms with Gasteiger partial charge in [-0.3, -0.25) is 9.59 Å². The first-order chi connectivity index (χ1) is 15.6. The quantitative estimate of drug-likeness (QED) is 0.363. The predicted molar refractivity (Wildman–Crippen MR) is 120 cm³/mol. The van der Waals surface area contributed by atoms with E-state index < -0.39 is 6.10 Å². The fourth-order valence-corrected chi connectivity index (χ4v) is 2.95. The average Bonchev–Trinajstić information content (AvgIpc) is 2.83. The van der Waals surface area contributed by atoms with Crippen molar-refractivity contribution in [3.8, 4) is 11.5 Å². The highest BCUT2D eigenvalue weighted by atomic mass is 16.5. The Labute approximate surface area is 186 Å². The maximum Gasteiger partial charge on any atom is 0.257 e. The largest absolute Gasteiger partial charge is 0.491 e. The number of hydrogen-bond donors (Lipinski definition) is 4. The second-order valence-corrected chi connectivity index (χ2v) is 7.24. The molecule has 0 saturated carbocycles. The molecule has 2 aromatic rings. The minimum Gasteiger partial charge on any atom is -0.491 e. The lowest BCUT2D eigenvalue weighted by atomic mass is 10.0. The molecular weight excluding hydrogens is 412 g/mol. The van der Waals surface area contributed by atoms with E-state index in [4.69, 9.17) is 9.47 Å². The van der Waals surface area contributed by atoms with Gasteiger partial charge in [-0.05, 0) is 42.0 Å². The number of nitrogens with one attached hydrogen (secondary N) is 3. The van der Waals surface area contributed by atoms with Crippen molar-refractivity contribution in [2.24, 2.45) is 5.10 Å². The van der Waals surface area contributed by atoms with Gasteiger partial charge in [0.15, 0.2) is 6.61 Å². The maximum absolute atomic E-state index is 11.9. The summed E-state index contributed by atoms with van der Waals surface area (Å²) in [5.41, 5.74) is 4.20. The second-order valence-electron chi connectivity index (χ2n) is 7.24. The van der Waals surface area contributed by atoms with Crippen LogP contribution in [0, 0.1) is 0 Å². The van der Waals surface area contributed by atoms with E-state index in [1.54, 1.807) is 12.1 Å². The van der Waals surface area contributed by atoms with Gasteiger partial charge in [0.05, 0.1) is 5.71 Å². The molecule has 0 aromatic heterocycles. The molecule has 1 unspecified atom stereocenters. The Morgan fingerprint density at radius 2 is 1.78 bits per heavy atom. The van der Waals surface area contributed by atoms with E-state index in [-0.39, 0.29) is 25.0 Å². The molecule has 1 atom stereocenters. The molecule has 32 heavy (non-hydrogen) atoms. The van der Waals surface area contributed by atoms with Crippen LogP contribution in [0.4, 0.5) is 0 Å². The van der Waals surface area contributed by atoms with Gasteiger partial charge >= 0.3 is 0 Å². The van der Waals surface area contributed by atoms with Crippen molar-refractivity contribution < 1.29 is 24.2 Å². The molecular formula is C23H28N4O5. The molecule has 9 heteroatoms. The third-order valence-corrected chi connectivity index (χ3v) is 4.65. The van der Waals surface area contributed by atoms with E-state index in [0.29, 0.717) is 44.0 Å². The van der Waals surface area contributed by atoms with Gasteiger partial charge < -0.3 is 25.2 Å². The summed E-state index contributed by atoms with van der Waals surface area (Å²) >= 11 is 0. The summed E-state index contributed by atoms with van der Waals surface area (Å²) in [4.78, 5) is 23.1. The molecule has 4 N–H and O–H groups in total. The van der Waals surface area contributed by atoms with Crippen LogP contribution < -0.4 is 25.5 Å². The van der Waals surface area contributed by atoms with Crippen molar-refractivity contribution in [2.45, 2.75) is 18.9 Å². The molecule has 1 aliphatic rings. The van der Waals surface area contributed by atoms with Crippen LogP contribution in [0.3, 0.4) is 0 Å². The number of hydrogen-bond acceptors (Lipinski definition) is 7. The van der Waals surface area contributed by atoms with E-state index in [2.05, 4.69) is 21.2 Å². The molecule has 3 rings (SSSR count). The van der Waals surface area contributed by atoms with Gasteiger partial charge in [-0.2, -0.15) is 5.10 Å². The molecule has 0 spiro atoms. The zero-order valence-electron chi connectivity index (χ0n) is 17.8. The minimum atomic E-state index is -0.645. The smallest absolute Gasteiger partial charge is 0.257 e. The zero-order valence-corrected chi connectivity index (χ0v) is 17.8. The number of hydrazone groups is 1. The fraction of sp³-hybridized carbons (Fsp3) is 0.348. The Kier molecular flexibility index (Phi) is 9.03. The summed E-state index contributed by atoms with van der Waals surface area (Å²) in [5.74, 6) is 0.972. The first kappa shape index (κ1) is 23.2. The van der Waals surface area contributed by atoms with E-state index in [1.165, 1.54) is 0 Å². The van der Waals surface area contributed by atoms with Crippen molar-refractivity contribution in [3.05, 3.63) is 60.2 Å². The van der Waals surface area contributed by atoms with Gasteiger partial charge in [0.2, 0.25) is 5.91 Å². The summed E-state index contributed by atoms with van der Waals surface area (Å²) in [6.07, 6.45) is 0.375. The third-order valence-electron chi connectivity index (χ3n) is 4.65. The lowest BCUT2D eigenvalue weighted by Gasteiger charge is -2.14. The number of para-hydroxylation sites is 1. The summed E-state index contributed by atoms with van der Waals surface area (Å²) in [5, 5.41) is 19.8. The number of carbonyl (C=O) groups excluding carboxylic acids is 2. The zero-order chi connectivity index (χ0) is 22.6. The van der Waals surface area contributed by atoms with Crippen molar-refractivity contribution in [3.63, 3.8) is 0 Å². The minimum absolute atomic E-state index is 0.0804. The Morgan fingerprint density at radius 3 is 2.50 bits per heavy atom. The Morgan fingerprint density at radius 1 is 1.03 bits per heavy atom. The summed E-state index contributed by atoms with van der Waals surface area (Å²) in [7, 11) is 0. The molecule has 9 nitrogen and oxygen atoms in total. The molecule has 0 radical (unpaired) electrons. The SMILES string of the molecule is O=C(COc1ccc(C2=NNC(=O)CC2)cc1)NCCNCC(O)COc1ccccc1. The van der Waals surface area contributed by atoms with Crippen LogP contribution in [0.15, 0.2) is 59.7 Å². The normalized spacial score (nSPS) is 14.2. The molecule has 170 valence electrons. The first-order valence-corrected chi connectivity index (χ1v) is 10.5. The molecule has 0 fully saturated rings. The van der Waals surface area contributed by atoms with Gasteiger partial charge in [0.1, 0.15) is 24.2 Å². The highest BCUT2D eigenvalue weighted by molar-refractivity contribution is 6.04. The lowest BCUT2D eigenvalue weighted by Crippen LogP contribution is -2.38. The van der Waals surface area contributed by atoms with Crippen molar-refractivity contribution in [1.29, 1.82) is 0 Å². The second kappa shape index (κ2) is 12.4. The highest BCUT2D eigenvalue weighted by Crippen LogP contribution is 2.15. The standard InChI is InChI=1S/C23H28N4O5/c28-18(15-31-19-4-2-1-3-5-19)14-24-12-13-25-23(30)16-32-20-8-6-17(7-9-20)21-10-11-22(29)27-26-21/h1-9,18,24,28H,10-16H2,(H,25,30)(H,27,29). The van der Waals surface area contributed by atoms with Crippen LogP contribution in [0.25, 0.3) is 0 Å². The molecule has 2 aromatic carbocycles.